The van der Waals surface area contributed by atoms with E-state index in [0.717, 1.165) is 22.4 Å². The van der Waals surface area contributed by atoms with Crippen LogP contribution in [0.5, 0.6) is 0 Å². The number of guanidine groups is 1. The number of hydrogen-bond acceptors (Lipinski definition) is 3. The van der Waals surface area contributed by atoms with Crippen LogP contribution in [0.3, 0.4) is 0 Å². The van der Waals surface area contributed by atoms with Gasteiger partial charge in [0, 0.05) is 36.0 Å². The summed E-state index contributed by atoms with van der Waals surface area (Å²) in [4.78, 5) is 21.3. The van der Waals surface area contributed by atoms with E-state index in [9.17, 15) is 10.1 Å². The lowest BCUT2D eigenvalue weighted by Crippen LogP contribution is -2.54. The molecule has 35 heavy (non-hydrogen) atoms. The van der Waals surface area contributed by atoms with Crippen molar-refractivity contribution >= 4 is 35.0 Å². The summed E-state index contributed by atoms with van der Waals surface area (Å²) >= 11 is 6.25. The van der Waals surface area contributed by atoms with E-state index in [2.05, 4.69) is 15.6 Å². The molecule has 1 aliphatic heterocycles. The maximum absolute atomic E-state index is 13.4. The monoisotopic (exact) mass is 486 g/mol. The van der Waals surface area contributed by atoms with Gasteiger partial charge in [-0.3, -0.25) is 0 Å². The molecular formula is C27H27ClN6O. The number of anilines is 2. The number of urea groups is 1. The zero-order valence-corrected chi connectivity index (χ0v) is 20.5. The molecule has 1 atom stereocenters. The Morgan fingerprint density at radius 1 is 0.971 bits per heavy atom. The summed E-state index contributed by atoms with van der Waals surface area (Å²) in [5.41, 5.74) is 4.44. The highest BCUT2D eigenvalue weighted by atomic mass is 35.5. The predicted octanol–water partition coefficient (Wildman–Crippen LogP) is 5.80. The van der Waals surface area contributed by atoms with Crippen molar-refractivity contribution in [2.75, 3.05) is 30.3 Å². The fourth-order valence-electron chi connectivity index (χ4n) is 4.17. The van der Waals surface area contributed by atoms with Crippen molar-refractivity contribution in [2.45, 2.75) is 19.9 Å². The Balaban J connectivity index is 1.60. The number of carbonyl (C=O) groups excluding carboxylic acids is 1. The number of piperazine rings is 1. The van der Waals surface area contributed by atoms with Crippen molar-refractivity contribution in [3.63, 3.8) is 0 Å². The molecule has 0 spiro atoms. The van der Waals surface area contributed by atoms with Crippen molar-refractivity contribution in [1.29, 1.82) is 5.26 Å². The molecule has 3 aromatic carbocycles. The molecule has 8 heteroatoms. The molecule has 4 rings (SSSR count). The maximum Gasteiger partial charge on any atom is 0.322 e. The second-order valence-corrected chi connectivity index (χ2v) is 8.79. The Bertz CT molecular complexity index is 1270. The first-order valence-corrected chi connectivity index (χ1v) is 11.8. The number of hydrogen-bond donors (Lipinski definition) is 2. The maximum atomic E-state index is 13.4. The highest BCUT2D eigenvalue weighted by molar-refractivity contribution is 6.31. The van der Waals surface area contributed by atoms with Crippen LogP contribution in [0.1, 0.15) is 22.7 Å². The number of nitrogens with one attached hydrogen (secondary N) is 2. The molecule has 7 nitrogen and oxygen atoms in total. The number of aryl methyl sites for hydroxylation is 1. The van der Waals surface area contributed by atoms with E-state index in [0.29, 0.717) is 36.3 Å². The van der Waals surface area contributed by atoms with Gasteiger partial charge in [0.1, 0.15) is 0 Å². The highest BCUT2D eigenvalue weighted by Crippen LogP contribution is 2.29. The van der Waals surface area contributed by atoms with Gasteiger partial charge in [-0.1, -0.05) is 66.2 Å². The van der Waals surface area contributed by atoms with Gasteiger partial charge >= 0.3 is 6.03 Å². The molecule has 1 saturated heterocycles. The Morgan fingerprint density at radius 2 is 1.69 bits per heavy atom. The third-order valence-electron chi connectivity index (χ3n) is 6.18. The normalized spacial score (nSPS) is 15.9. The van der Waals surface area contributed by atoms with Crippen LogP contribution < -0.4 is 10.6 Å². The number of amides is 2. The molecule has 2 amide bonds. The highest BCUT2D eigenvalue weighted by Gasteiger charge is 2.33. The van der Waals surface area contributed by atoms with E-state index < -0.39 is 0 Å². The first kappa shape index (κ1) is 24.1. The van der Waals surface area contributed by atoms with Crippen molar-refractivity contribution in [1.82, 2.24) is 9.80 Å². The summed E-state index contributed by atoms with van der Waals surface area (Å²) in [7, 11) is 0. The quantitative estimate of drug-likeness (QED) is 0.278. The Hall–Kier alpha value is -4.02. The van der Waals surface area contributed by atoms with Crippen LogP contribution in [0.25, 0.3) is 0 Å². The smallest absolute Gasteiger partial charge is 0.322 e. The minimum atomic E-state index is -0.244. The Kier molecular flexibility index (Phi) is 7.54. The van der Waals surface area contributed by atoms with Crippen LogP contribution in [0.15, 0.2) is 77.8 Å². The minimum Gasteiger partial charge on any atom is -0.338 e. The van der Waals surface area contributed by atoms with Gasteiger partial charge in [-0.05, 0) is 48.7 Å². The summed E-state index contributed by atoms with van der Waals surface area (Å²) in [5, 5.41) is 16.3. The summed E-state index contributed by atoms with van der Waals surface area (Å²) in [6.07, 6.45) is 1.92. The lowest BCUT2D eigenvalue weighted by atomic mass is 10.0. The fourth-order valence-corrected chi connectivity index (χ4v) is 4.34. The zero-order valence-electron chi connectivity index (χ0n) is 19.7. The number of rotatable bonds is 3. The van der Waals surface area contributed by atoms with Crippen LogP contribution in [0, 0.1) is 25.3 Å². The summed E-state index contributed by atoms with van der Waals surface area (Å²) in [6.45, 7) is 5.33. The predicted molar refractivity (Wildman–Crippen MR) is 141 cm³/mol. The van der Waals surface area contributed by atoms with E-state index in [1.165, 1.54) is 0 Å². The molecule has 0 bridgehead atoms. The topological polar surface area (TPSA) is 83.8 Å². The van der Waals surface area contributed by atoms with Crippen LogP contribution in [-0.4, -0.2) is 41.4 Å². The number of halogens is 1. The molecule has 0 saturated carbocycles. The van der Waals surface area contributed by atoms with Gasteiger partial charge in [0.2, 0.25) is 12.2 Å². The lowest BCUT2D eigenvalue weighted by molar-refractivity contribution is 0.136. The van der Waals surface area contributed by atoms with Gasteiger partial charge < -0.3 is 20.4 Å². The van der Waals surface area contributed by atoms with Crippen LogP contribution in [0.4, 0.5) is 16.2 Å². The first-order chi connectivity index (χ1) is 17.0. The summed E-state index contributed by atoms with van der Waals surface area (Å²) in [6, 6.07) is 22.8. The van der Waals surface area contributed by atoms with Crippen molar-refractivity contribution in [3.8, 4) is 6.19 Å². The van der Waals surface area contributed by atoms with Gasteiger partial charge in [-0.2, -0.15) is 5.26 Å². The largest absolute Gasteiger partial charge is 0.338 e. The van der Waals surface area contributed by atoms with E-state index in [-0.39, 0.29) is 12.1 Å². The van der Waals surface area contributed by atoms with Gasteiger partial charge in [-0.15, -0.1) is 4.99 Å². The number of benzene rings is 3. The number of nitrogens with zero attached hydrogens (tertiary/aromatic N) is 4. The fraction of sp³-hybridized carbons (Fsp3) is 0.222. The molecule has 1 fully saturated rings. The van der Waals surface area contributed by atoms with Gasteiger partial charge in [0.15, 0.2) is 0 Å². The molecule has 2 N–H and O–H groups in total. The first-order valence-electron chi connectivity index (χ1n) is 11.4. The second-order valence-electron chi connectivity index (χ2n) is 8.38. The van der Waals surface area contributed by atoms with Gasteiger partial charge in [0.25, 0.3) is 0 Å². The number of nitriles is 1. The third kappa shape index (κ3) is 5.56. The lowest BCUT2D eigenvalue weighted by Gasteiger charge is -2.42. The van der Waals surface area contributed by atoms with E-state index in [1.807, 2.05) is 96.6 Å². The molecule has 1 unspecified atom stereocenters. The number of para-hydroxylation sites is 1. The van der Waals surface area contributed by atoms with Crippen LogP contribution in [-0.2, 0) is 0 Å². The van der Waals surface area contributed by atoms with Gasteiger partial charge in [0.05, 0.1) is 6.04 Å². The summed E-state index contributed by atoms with van der Waals surface area (Å²) < 4.78 is 0. The Labute approximate surface area is 210 Å². The van der Waals surface area contributed by atoms with Crippen molar-refractivity contribution < 1.29 is 4.79 Å². The van der Waals surface area contributed by atoms with Crippen molar-refractivity contribution in [2.24, 2.45) is 4.99 Å². The molecule has 1 aliphatic rings. The van der Waals surface area contributed by atoms with Crippen LogP contribution in [0.2, 0.25) is 5.02 Å². The van der Waals surface area contributed by atoms with E-state index >= 15 is 0 Å². The van der Waals surface area contributed by atoms with Crippen LogP contribution >= 0.6 is 11.6 Å². The Morgan fingerprint density at radius 3 is 2.43 bits per heavy atom. The molecule has 0 aliphatic carbocycles. The zero-order chi connectivity index (χ0) is 24.8. The SMILES string of the molecule is Cc1ccccc1N/C(=N/C#N)N1CCN(C(=O)Nc2cccc(Cl)c2C)C(c2ccccc2)C1. The van der Waals surface area contributed by atoms with Gasteiger partial charge in [-0.25, -0.2) is 4.79 Å². The molecule has 1 heterocycles. The number of carbonyl (C=O) groups is 1. The molecule has 3 aromatic rings. The molecular weight excluding hydrogens is 460 g/mol. The van der Waals surface area contributed by atoms with E-state index in [4.69, 9.17) is 11.6 Å². The third-order valence-corrected chi connectivity index (χ3v) is 6.59. The second kappa shape index (κ2) is 10.9. The average molecular weight is 487 g/mol. The number of aliphatic imine (C=N–C) groups is 1. The molecule has 178 valence electrons. The van der Waals surface area contributed by atoms with Crippen molar-refractivity contribution in [3.05, 3.63) is 94.5 Å². The standard InChI is InChI=1S/C27H27ClN6O/c1-19-9-6-7-13-23(19)31-26(30-18-29)33-15-16-34(25(17-33)21-10-4-3-5-11-21)27(35)32-24-14-8-12-22(28)20(24)2/h3-14,25H,15-17H2,1-2H3,(H,30,31)(H,32,35). The molecule has 0 aromatic heterocycles. The summed E-state index contributed by atoms with van der Waals surface area (Å²) in [5.74, 6) is 0.466. The van der Waals surface area contributed by atoms with E-state index in [1.54, 1.807) is 6.07 Å². The minimum absolute atomic E-state index is 0.200. The average Bonchev–Trinajstić information content (AvgIpc) is 2.88. The molecule has 0 radical (unpaired) electrons.